The minimum Gasteiger partial charge on any atom is -0.484 e. The lowest BCUT2D eigenvalue weighted by molar-refractivity contribution is 0.176. The monoisotopic (exact) mass is 311 g/mol. The quantitative estimate of drug-likeness (QED) is 0.171. The molecule has 0 unspecified atom stereocenters. The van der Waals surface area contributed by atoms with Crippen molar-refractivity contribution >= 4 is 14.7 Å². The predicted octanol–water partition coefficient (Wildman–Crippen LogP) is 3.64. The highest BCUT2D eigenvalue weighted by Gasteiger charge is 2.40. The second kappa shape index (κ2) is 8.67. The summed E-state index contributed by atoms with van der Waals surface area (Å²) in [6, 6.07) is 1.33. The lowest BCUT2D eigenvalue weighted by atomic mass is 10.2. The van der Waals surface area contributed by atoms with Crippen molar-refractivity contribution in [3.63, 3.8) is 0 Å². The average Bonchev–Trinajstić information content (AvgIpc) is 2.38. The van der Waals surface area contributed by atoms with Gasteiger partial charge in [-0.3, -0.25) is 0 Å². The first-order valence-electron chi connectivity index (χ1n) is 6.91. The van der Waals surface area contributed by atoms with Crippen LogP contribution in [-0.2, 0) is 9.16 Å². The van der Waals surface area contributed by atoms with E-state index in [-0.39, 0.29) is 11.6 Å². The van der Waals surface area contributed by atoms with Crippen molar-refractivity contribution in [3.05, 3.63) is 10.4 Å². The van der Waals surface area contributed by atoms with Crippen LogP contribution in [-0.4, -0.2) is 40.0 Å². The van der Waals surface area contributed by atoms with Gasteiger partial charge in [-0.15, -0.1) is 0 Å². The van der Waals surface area contributed by atoms with Crippen molar-refractivity contribution in [1.29, 1.82) is 5.26 Å². The third kappa shape index (κ3) is 6.62. The molecule has 118 valence electrons. The summed E-state index contributed by atoms with van der Waals surface area (Å²) >= 11 is 0. The molecule has 0 saturated heterocycles. The van der Waals surface area contributed by atoms with Gasteiger partial charge in [-0.1, -0.05) is 25.9 Å². The topological polar surface area (TPSA) is 103 Å². The van der Waals surface area contributed by atoms with Crippen molar-refractivity contribution in [3.8, 4) is 6.07 Å². The maximum atomic E-state index is 9.28. The van der Waals surface area contributed by atoms with Gasteiger partial charge in [0.25, 0.3) is 0 Å². The molecule has 21 heavy (non-hydrogen) atoms. The normalized spacial score (nSPS) is 15.1. The molecular formula is C13H25N5O2Si. The number of nitrogens with zero attached hydrogens (tertiary/aromatic N) is 5. The van der Waals surface area contributed by atoms with Gasteiger partial charge in [0.2, 0.25) is 0 Å². The zero-order valence-electron chi connectivity index (χ0n) is 13.7. The summed E-state index contributed by atoms with van der Waals surface area (Å²) in [5.74, 6) is 0. The number of aliphatic imine (C=N–C) groups is 1. The molecule has 0 heterocycles. The number of hydrogen-bond donors (Lipinski definition) is 0. The Kier molecular flexibility index (Phi) is 8.03. The van der Waals surface area contributed by atoms with E-state index in [2.05, 4.69) is 55.0 Å². The van der Waals surface area contributed by atoms with Gasteiger partial charge in [0.05, 0.1) is 25.3 Å². The standard InChI is InChI=1S/C13H25N5O2Si/c1-7-19-10-16-11(8-14)12(9-17-18-15)20-21(5,6)13(2,3)4/h10-12H,7,9H2,1-6H3/t11-,12-/m1/s1. The Morgan fingerprint density at radius 1 is 1.43 bits per heavy atom. The van der Waals surface area contributed by atoms with Gasteiger partial charge in [-0.2, -0.15) is 5.26 Å². The second-order valence-corrected chi connectivity index (χ2v) is 10.9. The van der Waals surface area contributed by atoms with Crippen LogP contribution in [0.1, 0.15) is 27.7 Å². The van der Waals surface area contributed by atoms with Gasteiger partial charge in [0, 0.05) is 4.91 Å². The molecule has 0 spiro atoms. The van der Waals surface area contributed by atoms with Gasteiger partial charge in [0.1, 0.15) is 0 Å². The van der Waals surface area contributed by atoms with E-state index in [0.717, 1.165) is 0 Å². The molecule has 0 aliphatic carbocycles. The van der Waals surface area contributed by atoms with Crippen LogP contribution in [0.2, 0.25) is 18.1 Å². The Balaban J connectivity index is 5.18. The molecule has 0 aliphatic rings. The van der Waals surface area contributed by atoms with E-state index in [1.165, 1.54) is 6.40 Å². The fraction of sp³-hybridized carbons (Fsp3) is 0.846. The van der Waals surface area contributed by atoms with Crippen molar-refractivity contribution in [2.75, 3.05) is 13.2 Å². The summed E-state index contributed by atoms with van der Waals surface area (Å²) in [4.78, 5) is 6.81. The first-order chi connectivity index (χ1) is 9.69. The molecule has 0 aromatic carbocycles. The Morgan fingerprint density at radius 3 is 2.48 bits per heavy atom. The number of azide groups is 1. The zero-order chi connectivity index (χ0) is 16.5. The number of rotatable bonds is 8. The fourth-order valence-corrected chi connectivity index (χ4v) is 2.58. The Hall–Kier alpha value is -1.55. The van der Waals surface area contributed by atoms with Gasteiger partial charge < -0.3 is 9.16 Å². The predicted molar refractivity (Wildman–Crippen MR) is 85.6 cm³/mol. The third-order valence-electron chi connectivity index (χ3n) is 3.52. The van der Waals surface area contributed by atoms with Crippen molar-refractivity contribution in [1.82, 2.24) is 0 Å². The molecule has 0 saturated carbocycles. The Bertz CT molecular complexity index is 433. The van der Waals surface area contributed by atoms with Gasteiger partial charge in [-0.25, -0.2) is 4.99 Å². The van der Waals surface area contributed by atoms with Crippen molar-refractivity contribution in [2.24, 2.45) is 10.1 Å². The van der Waals surface area contributed by atoms with Gasteiger partial charge in [-0.05, 0) is 30.6 Å². The number of hydrogen-bond acceptors (Lipinski definition) is 5. The Labute approximate surface area is 127 Å². The van der Waals surface area contributed by atoms with E-state index in [1.54, 1.807) is 0 Å². The third-order valence-corrected chi connectivity index (χ3v) is 8.03. The molecule has 8 heteroatoms. The minimum atomic E-state index is -2.09. The summed E-state index contributed by atoms with van der Waals surface area (Å²) in [6.07, 6.45) is 0.690. The highest BCUT2D eigenvalue weighted by atomic mass is 28.4. The van der Waals surface area contributed by atoms with E-state index >= 15 is 0 Å². The van der Waals surface area contributed by atoms with Crippen LogP contribution in [0.4, 0.5) is 0 Å². The molecule has 0 amide bonds. The highest BCUT2D eigenvalue weighted by Crippen LogP contribution is 2.37. The summed E-state index contributed by atoms with van der Waals surface area (Å²) in [5.41, 5.74) is 8.51. The van der Waals surface area contributed by atoms with E-state index in [4.69, 9.17) is 14.7 Å². The van der Waals surface area contributed by atoms with Crippen LogP contribution >= 0.6 is 0 Å². The summed E-state index contributed by atoms with van der Waals surface area (Å²) in [6.45, 7) is 12.9. The SMILES string of the molecule is CCOC=N[C@H](C#N)[C@@H](CN=[N+]=[N-])O[Si](C)(C)C(C)(C)C. The highest BCUT2D eigenvalue weighted by molar-refractivity contribution is 6.74. The molecule has 0 rings (SSSR count). The van der Waals surface area contributed by atoms with Crippen LogP contribution in [0.5, 0.6) is 0 Å². The van der Waals surface area contributed by atoms with Crippen LogP contribution in [0.25, 0.3) is 10.4 Å². The second-order valence-electron chi connectivity index (χ2n) is 6.11. The lowest BCUT2D eigenvalue weighted by Crippen LogP contribution is -2.47. The van der Waals surface area contributed by atoms with Crippen LogP contribution in [0, 0.1) is 11.3 Å². The summed E-state index contributed by atoms with van der Waals surface area (Å²) < 4.78 is 11.2. The van der Waals surface area contributed by atoms with Gasteiger partial charge >= 0.3 is 0 Å². The minimum absolute atomic E-state index is 0.00868. The number of nitriles is 1. The zero-order valence-corrected chi connectivity index (χ0v) is 14.7. The summed E-state index contributed by atoms with van der Waals surface area (Å²) in [5, 5.41) is 12.8. The van der Waals surface area contributed by atoms with E-state index in [0.29, 0.717) is 6.61 Å². The van der Waals surface area contributed by atoms with Crippen molar-refractivity contribution in [2.45, 2.75) is 58.0 Å². The molecule has 0 aromatic rings. The molecule has 0 aromatic heterocycles. The van der Waals surface area contributed by atoms with Crippen LogP contribution in [0.15, 0.2) is 10.1 Å². The average molecular weight is 311 g/mol. The lowest BCUT2D eigenvalue weighted by Gasteiger charge is -2.39. The largest absolute Gasteiger partial charge is 0.484 e. The van der Waals surface area contributed by atoms with Gasteiger partial charge in [0.15, 0.2) is 20.8 Å². The fourth-order valence-electron chi connectivity index (χ4n) is 1.27. The van der Waals surface area contributed by atoms with E-state index in [1.807, 2.05) is 6.92 Å². The maximum Gasteiger partial charge on any atom is 0.192 e. The molecule has 7 nitrogen and oxygen atoms in total. The molecular weight excluding hydrogens is 286 g/mol. The number of ether oxygens (including phenoxy) is 1. The summed E-state index contributed by atoms with van der Waals surface area (Å²) in [7, 11) is -2.09. The Morgan fingerprint density at radius 2 is 2.05 bits per heavy atom. The van der Waals surface area contributed by atoms with E-state index < -0.39 is 20.5 Å². The van der Waals surface area contributed by atoms with Crippen LogP contribution in [0.3, 0.4) is 0 Å². The van der Waals surface area contributed by atoms with E-state index in [9.17, 15) is 5.26 Å². The smallest absolute Gasteiger partial charge is 0.192 e. The molecule has 0 N–H and O–H groups in total. The maximum absolute atomic E-state index is 9.28. The first-order valence-corrected chi connectivity index (χ1v) is 9.82. The molecule has 0 aliphatic heterocycles. The molecule has 0 bridgehead atoms. The first kappa shape index (κ1) is 19.4. The molecule has 0 fully saturated rings. The van der Waals surface area contributed by atoms with Crippen molar-refractivity contribution < 1.29 is 9.16 Å². The molecule has 2 atom stereocenters. The molecule has 0 radical (unpaired) electrons. The van der Waals surface area contributed by atoms with Crippen LogP contribution < -0.4 is 0 Å².